The van der Waals surface area contributed by atoms with Crippen LogP contribution in [0.2, 0.25) is 10.0 Å². The summed E-state index contributed by atoms with van der Waals surface area (Å²) in [7, 11) is 0. The number of carbonyl (C=O) groups excluding carboxylic acids is 1. The van der Waals surface area contributed by atoms with Gasteiger partial charge in [0.1, 0.15) is 5.82 Å². The molecule has 1 heterocycles. The number of hydrogen-bond acceptors (Lipinski definition) is 1. The van der Waals surface area contributed by atoms with Gasteiger partial charge in [0.2, 0.25) is 0 Å². The molecular formula is C15H8Cl2FNO. The zero-order chi connectivity index (χ0) is 14.3. The predicted molar refractivity (Wildman–Crippen MR) is 78.2 cm³/mol. The van der Waals surface area contributed by atoms with E-state index in [2.05, 4.69) is 4.98 Å². The molecule has 20 heavy (non-hydrogen) atoms. The van der Waals surface area contributed by atoms with Crippen LogP contribution in [0, 0.1) is 5.82 Å². The molecule has 0 bridgehead atoms. The summed E-state index contributed by atoms with van der Waals surface area (Å²) in [6.07, 6.45) is 1.56. The molecule has 0 amide bonds. The van der Waals surface area contributed by atoms with Gasteiger partial charge in [0.05, 0.1) is 5.02 Å². The average Bonchev–Trinajstić information content (AvgIpc) is 2.81. The second-order valence-corrected chi connectivity index (χ2v) is 5.20. The number of H-pyrrole nitrogens is 1. The number of rotatable bonds is 2. The molecule has 0 aliphatic rings. The summed E-state index contributed by atoms with van der Waals surface area (Å²) < 4.78 is 13.2. The molecule has 3 rings (SSSR count). The molecule has 100 valence electrons. The monoisotopic (exact) mass is 307 g/mol. The molecule has 0 unspecified atom stereocenters. The fraction of sp³-hybridized carbons (Fsp3) is 0. The van der Waals surface area contributed by atoms with E-state index in [1.165, 1.54) is 18.2 Å². The Morgan fingerprint density at radius 2 is 1.95 bits per heavy atom. The molecular weight excluding hydrogens is 300 g/mol. The van der Waals surface area contributed by atoms with Gasteiger partial charge in [-0.2, -0.15) is 0 Å². The quantitative estimate of drug-likeness (QED) is 0.675. The smallest absolute Gasteiger partial charge is 0.195 e. The van der Waals surface area contributed by atoms with E-state index in [-0.39, 0.29) is 11.3 Å². The van der Waals surface area contributed by atoms with Crippen molar-refractivity contribution in [2.75, 3.05) is 0 Å². The maximum absolute atomic E-state index is 13.2. The molecule has 0 saturated heterocycles. The standard InChI is InChI=1S/C15H8Cl2FNO/c16-9-5-12(17)14-11(7-19-13(14)6-9)15(20)8-2-1-3-10(18)4-8/h1-7,19H. The highest BCUT2D eigenvalue weighted by molar-refractivity contribution is 6.40. The summed E-state index contributed by atoms with van der Waals surface area (Å²) in [5, 5.41) is 1.45. The molecule has 0 aliphatic heterocycles. The van der Waals surface area contributed by atoms with Crippen LogP contribution in [-0.4, -0.2) is 10.8 Å². The lowest BCUT2D eigenvalue weighted by Crippen LogP contribution is -2.00. The van der Waals surface area contributed by atoms with E-state index in [0.29, 0.717) is 26.5 Å². The van der Waals surface area contributed by atoms with Crippen LogP contribution in [0.25, 0.3) is 10.9 Å². The lowest BCUT2D eigenvalue weighted by Gasteiger charge is -2.02. The van der Waals surface area contributed by atoms with Crippen molar-refractivity contribution < 1.29 is 9.18 Å². The van der Waals surface area contributed by atoms with Gasteiger partial charge >= 0.3 is 0 Å². The van der Waals surface area contributed by atoms with Gasteiger partial charge in [0.25, 0.3) is 0 Å². The molecule has 2 nitrogen and oxygen atoms in total. The first-order valence-corrected chi connectivity index (χ1v) is 6.58. The minimum absolute atomic E-state index is 0.275. The number of aromatic amines is 1. The third kappa shape index (κ3) is 2.19. The summed E-state index contributed by atoms with van der Waals surface area (Å²) in [4.78, 5) is 15.4. The fourth-order valence-corrected chi connectivity index (χ4v) is 2.74. The number of ketones is 1. The molecule has 2 aromatic carbocycles. The van der Waals surface area contributed by atoms with Crippen molar-refractivity contribution in [1.82, 2.24) is 4.98 Å². The first kappa shape index (κ1) is 13.2. The largest absolute Gasteiger partial charge is 0.360 e. The van der Waals surface area contributed by atoms with Crippen LogP contribution in [-0.2, 0) is 0 Å². The highest BCUT2D eigenvalue weighted by Gasteiger charge is 2.17. The molecule has 0 atom stereocenters. The highest BCUT2D eigenvalue weighted by atomic mass is 35.5. The first-order valence-electron chi connectivity index (χ1n) is 5.82. The Labute approximate surface area is 124 Å². The van der Waals surface area contributed by atoms with Crippen LogP contribution in [0.1, 0.15) is 15.9 Å². The van der Waals surface area contributed by atoms with Gasteiger partial charge in [0.15, 0.2) is 5.78 Å². The van der Waals surface area contributed by atoms with Crippen molar-refractivity contribution in [1.29, 1.82) is 0 Å². The molecule has 3 aromatic rings. The van der Waals surface area contributed by atoms with Crippen molar-refractivity contribution in [2.45, 2.75) is 0 Å². The summed E-state index contributed by atoms with van der Waals surface area (Å²) in [5.74, 6) is -0.746. The number of hydrogen-bond donors (Lipinski definition) is 1. The zero-order valence-electron chi connectivity index (χ0n) is 10.1. The van der Waals surface area contributed by atoms with Gasteiger partial charge in [0, 0.05) is 33.2 Å². The Hall–Kier alpha value is -1.84. The summed E-state index contributed by atoms with van der Waals surface area (Å²) in [5.41, 5.74) is 1.34. The Balaban J connectivity index is 2.18. The van der Waals surface area contributed by atoms with Crippen LogP contribution in [0.3, 0.4) is 0 Å². The van der Waals surface area contributed by atoms with Crippen LogP contribution in [0.5, 0.6) is 0 Å². The van der Waals surface area contributed by atoms with Gasteiger partial charge in [-0.05, 0) is 24.3 Å². The maximum Gasteiger partial charge on any atom is 0.195 e. The lowest BCUT2D eigenvalue weighted by molar-refractivity contribution is 0.104. The number of nitrogens with one attached hydrogen (secondary N) is 1. The second kappa shape index (κ2) is 4.93. The summed E-state index contributed by atoms with van der Waals surface area (Å²) >= 11 is 12.1. The van der Waals surface area contributed by atoms with E-state index in [9.17, 15) is 9.18 Å². The van der Waals surface area contributed by atoms with Gasteiger partial charge < -0.3 is 4.98 Å². The SMILES string of the molecule is O=C(c1cccc(F)c1)c1c[nH]c2cc(Cl)cc(Cl)c12. The average molecular weight is 308 g/mol. The molecule has 1 N–H and O–H groups in total. The minimum Gasteiger partial charge on any atom is -0.360 e. The first-order chi connectivity index (χ1) is 9.56. The van der Waals surface area contributed by atoms with E-state index in [0.717, 1.165) is 0 Å². The summed E-state index contributed by atoms with van der Waals surface area (Å²) in [6, 6.07) is 8.81. The Morgan fingerprint density at radius 1 is 1.15 bits per heavy atom. The van der Waals surface area contributed by atoms with Gasteiger partial charge in [-0.25, -0.2) is 4.39 Å². The molecule has 0 radical (unpaired) electrons. The normalized spacial score (nSPS) is 10.9. The van der Waals surface area contributed by atoms with Gasteiger partial charge in [-0.15, -0.1) is 0 Å². The Bertz CT molecular complexity index is 826. The van der Waals surface area contributed by atoms with Crippen LogP contribution in [0.4, 0.5) is 4.39 Å². The molecule has 1 aromatic heterocycles. The highest BCUT2D eigenvalue weighted by Crippen LogP contribution is 2.31. The molecule has 0 saturated carbocycles. The molecule has 0 aliphatic carbocycles. The van der Waals surface area contributed by atoms with E-state index in [4.69, 9.17) is 23.2 Å². The Morgan fingerprint density at radius 3 is 2.70 bits per heavy atom. The van der Waals surface area contributed by atoms with Crippen molar-refractivity contribution >= 4 is 39.9 Å². The minimum atomic E-state index is -0.454. The molecule has 5 heteroatoms. The maximum atomic E-state index is 13.2. The van der Waals surface area contributed by atoms with Gasteiger partial charge in [-0.3, -0.25) is 4.79 Å². The van der Waals surface area contributed by atoms with Crippen molar-refractivity contribution in [2.24, 2.45) is 0 Å². The third-order valence-corrected chi connectivity index (χ3v) is 3.54. The number of carbonyl (C=O) groups is 1. The van der Waals surface area contributed by atoms with Crippen LogP contribution in [0.15, 0.2) is 42.6 Å². The summed E-state index contributed by atoms with van der Waals surface area (Å²) in [6.45, 7) is 0. The topological polar surface area (TPSA) is 32.9 Å². The van der Waals surface area contributed by atoms with E-state index in [1.807, 2.05) is 0 Å². The number of benzene rings is 2. The zero-order valence-corrected chi connectivity index (χ0v) is 11.6. The van der Waals surface area contributed by atoms with Gasteiger partial charge in [-0.1, -0.05) is 35.3 Å². The van der Waals surface area contributed by atoms with E-state index >= 15 is 0 Å². The second-order valence-electron chi connectivity index (χ2n) is 4.35. The molecule has 0 spiro atoms. The van der Waals surface area contributed by atoms with Crippen molar-refractivity contribution in [3.05, 3.63) is 69.6 Å². The third-order valence-electron chi connectivity index (χ3n) is 3.03. The molecule has 0 fully saturated rings. The van der Waals surface area contributed by atoms with Crippen molar-refractivity contribution in [3.8, 4) is 0 Å². The van der Waals surface area contributed by atoms with E-state index < -0.39 is 5.82 Å². The number of fused-ring (bicyclic) bond motifs is 1. The van der Waals surface area contributed by atoms with Crippen LogP contribution >= 0.6 is 23.2 Å². The predicted octanol–water partition coefficient (Wildman–Crippen LogP) is 4.84. The number of aromatic nitrogens is 1. The van der Waals surface area contributed by atoms with Crippen molar-refractivity contribution in [3.63, 3.8) is 0 Å². The Kier molecular flexibility index (Phi) is 3.24. The lowest BCUT2D eigenvalue weighted by atomic mass is 10.0. The van der Waals surface area contributed by atoms with Crippen LogP contribution < -0.4 is 0 Å². The number of halogens is 3. The fourth-order valence-electron chi connectivity index (χ4n) is 2.15. The van der Waals surface area contributed by atoms with E-state index in [1.54, 1.807) is 24.4 Å².